The van der Waals surface area contributed by atoms with Crippen molar-refractivity contribution in [3.05, 3.63) is 47.5 Å². The van der Waals surface area contributed by atoms with Gasteiger partial charge in [0.05, 0.1) is 6.61 Å². The molecule has 20 heavy (non-hydrogen) atoms. The maximum absolute atomic E-state index is 12.5. The van der Waals surface area contributed by atoms with Gasteiger partial charge in [-0.25, -0.2) is 0 Å². The zero-order valence-corrected chi connectivity index (χ0v) is 12.0. The molecule has 1 aromatic carbocycles. The Morgan fingerprint density at radius 1 is 1.50 bits per heavy atom. The molecular weight excluding hydrogens is 252 g/mol. The van der Waals surface area contributed by atoms with E-state index in [-0.39, 0.29) is 5.91 Å². The fraction of sp³-hybridized carbons (Fsp3) is 0.438. The molecule has 1 amide bonds. The monoisotopic (exact) mass is 274 g/mol. The number of hydrogen-bond acceptors (Lipinski definition) is 3. The molecule has 0 atom stereocenters. The molecule has 1 heterocycles. The second-order valence-corrected chi connectivity index (χ2v) is 4.94. The number of fused-ring (bicyclic) bond motifs is 1. The van der Waals surface area contributed by atoms with Gasteiger partial charge in [-0.05, 0) is 36.2 Å². The standard InChI is InChI=1S/C16H22N2O2/c1-3-8-18(9-10-20-2)16(19)14-5-4-13-6-7-17-12-15(13)11-14/h3-5,11,17H,1,6-10,12H2,2H3. The number of ether oxygens (including phenoxy) is 1. The van der Waals surface area contributed by atoms with Crippen LogP contribution in [-0.2, 0) is 17.7 Å². The van der Waals surface area contributed by atoms with Crippen LogP contribution in [0.2, 0.25) is 0 Å². The van der Waals surface area contributed by atoms with Gasteiger partial charge in [0.25, 0.3) is 5.91 Å². The highest BCUT2D eigenvalue weighted by Crippen LogP contribution is 2.17. The van der Waals surface area contributed by atoms with Crippen molar-refractivity contribution in [2.75, 3.05) is 33.4 Å². The highest BCUT2D eigenvalue weighted by molar-refractivity contribution is 5.94. The third-order valence-electron chi connectivity index (χ3n) is 3.54. The summed E-state index contributed by atoms with van der Waals surface area (Å²) in [5.74, 6) is 0.0373. The minimum atomic E-state index is 0.0373. The van der Waals surface area contributed by atoms with Crippen molar-refractivity contribution in [2.24, 2.45) is 0 Å². The van der Waals surface area contributed by atoms with Crippen LogP contribution in [0.1, 0.15) is 21.5 Å². The quantitative estimate of drug-likeness (QED) is 0.801. The van der Waals surface area contributed by atoms with Crippen molar-refractivity contribution in [3.8, 4) is 0 Å². The molecular formula is C16H22N2O2. The summed E-state index contributed by atoms with van der Waals surface area (Å²) in [5.41, 5.74) is 3.31. The predicted octanol–water partition coefficient (Wildman–Crippen LogP) is 1.61. The van der Waals surface area contributed by atoms with E-state index in [4.69, 9.17) is 4.74 Å². The lowest BCUT2D eigenvalue weighted by atomic mass is 9.98. The molecule has 0 aliphatic carbocycles. The van der Waals surface area contributed by atoms with Gasteiger partial charge in [-0.3, -0.25) is 4.79 Å². The minimum Gasteiger partial charge on any atom is -0.383 e. The molecule has 1 N–H and O–H groups in total. The second kappa shape index (κ2) is 7.22. The minimum absolute atomic E-state index is 0.0373. The number of hydrogen-bond donors (Lipinski definition) is 1. The first-order valence-electron chi connectivity index (χ1n) is 6.98. The topological polar surface area (TPSA) is 41.6 Å². The van der Waals surface area contributed by atoms with Crippen LogP contribution in [0.3, 0.4) is 0 Å². The Kier molecular flexibility index (Phi) is 5.32. The SMILES string of the molecule is C=CCN(CCOC)C(=O)c1ccc2c(c1)CNCC2. The van der Waals surface area contributed by atoms with Gasteiger partial charge in [0.2, 0.25) is 0 Å². The predicted molar refractivity (Wildman–Crippen MR) is 79.8 cm³/mol. The van der Waals surface area contributed by atoms with Crippen molar-refractivity contribution in [1.82, 2.24) is 10.2 Å². The van der Waals surface area contributed by atoms with E-state index in [1.807, 2.05) is 12.1 Å². The third-order valence-corrected chi connectivity index (χ3v) is 3.54. The highest BCUT2D eigenvalue weighted by Gasteiger charge is 2.17. The van der Waals surface area contributed by atoms with E-state index in [9.17, 15) is 4.79 Å². The summed E-state index contributed by atoms with van der Waals surface area (Å²) in [6.45, 7) is 7.22. The van der Waals surface area contributed by atoms with Crippen molar-refractivity contribution in [1.29, 1.82) is 0 Å². The van der Waals surface area contributed by atoms with Crippen LogP contribution in [0.4, 0.5) is 0 Å². The number of benzene rings is 1. The van der Waals surface area contributed by atoms with Gasteiger partial charge < -0.3 is 15.0 Å². The molecule has 0 aromatic heterocycles. The van der Waals surface area contributed by atoms with Gasteiger partial charge in [0.1, 0.15) is 0 Å². The number of carbonyl (C=O) groups is 1. The fourth-order valence-corrected chi connectivity index (χ4v) is 2.43. The molecule has 1 aliphatic rings. The molecule has 0 unspecified atom stereocenters. The third kappa shape index (κ3) is 3.46. The molecule has 0 fully saturated rings. The smallest absolute Gasteiger partial charge is 0.254 e. The average molecular weight is 274 g/mol. The van der Waals surface area contributed by atoms with Gasteiger partial charge in [-0.15, -0.1) is 6.58 Å². The van der Waals surface area contributed by atoms with E-state index in [0.29, 0.717) is 19.7 Å². The number of amides is 1. The van der Waals surface area contributed by atoms with Crippen LogP contribution in [0.25, 0.3) is 0 Å². The lowest BCUT2D eigenvalue weighted by molar-refractivity contribution is 0.0718. The van der Waals surface area contributed by atoms with Crippen LogP contribution in [0.15, 0.2) is 30.9 Å². The molecule has 0 spiro atoms. The van der Waals surface area contributed by atoms with Crippen molar-refractivity contribution in [3.63, 3.8) is 0 Å². The van der Waals surface area contributed by atoms with E-state index >= 15 is 0 Å². The number of methoxy groups -OCH3 is 1. The normalized spacial score (nSPS) is 13.7. The van der Waals surface area contributed by atoms with Crippen LogP contribution in [-0.4, -0.2) is 44.2 Å². The Morgan fingerprint density at radius 3 is 3.10 bits per heavy atom. The van der Waals surface area contributed by atoms with Crippen molar-refractivity contribution in [2.45, 2.75) is 13.0 Å². The fourth-order valence-electron chi connectivity index (χ4n) is 2.43. The Bertz CT molecular complexity index is 485. The summed E-state index contributed by atoms with van der Waals surface area (Å²) in [6, 6.07) is 6.01. The highest BCUT2D eigenvalue weighted by atomic mass is 16.5. The Morgan fingerprint density at radius 2 is 2.35 bits per heavy atom. The molecule has 0 saturated carbocycles. The van der Waals surface area contributed by atoms with Crippen LogP contribution >= 0.6 is 0 Å². The summed E-state index contributed by atoms with van der Waals surface area (Å²) < 4.78 is 5.06. The molecule has 108 valence electrons. The summed E-state index contributed by atoms with van der Waals surface area (Å²) in [7, 11) is 1.64. The average Bonchev–Trinajstić information content (AvgIpc) is 2.50. The van der Waals surface area contributed by atoms with Crippen LogP contribution in [0, 0.1) is 0 Å². The Hall–Kier alpha value is -1.65. The van der Waals surface area contributed by atoms with E-state index in [1.54, 1.807) is 18.1 Å². The summed E-state index contributed by atoms with van der Waals surface area (Å²) in [6.07, 6.45) is 2.78. The van der Waals surface area contributed by atoms with E-state index in [0.717, 1.165) is 25.1 Å². The number of nitrogens with zero attached hydrogens (tertiary/aromatic N) is 1. The molecule has 0 radical (unpaired) electrons. The number of carbonyl (C=O) groups excluding carboxylic acids is 1. The van der Waals surface area contributed by atoms with E-state index < -0.39 is 0 Å². The molecule has 1 aliphatic heterocycles. The number of nitrogens with one attached hydrogen (secondary N) is 1. The van der Waals surface area contributed by atoms with Gasteiger partial charge in [0.15, 0.2) is 0 Å². The second-order valence-electron chi connectivity index (χ2n) is 4.94. The largest absolute Gasteiger partial charge is 0.383 e. The van der Waals surface area contributed by atoms with E-state index in [1.165, 1.54) is 11.1 Å². The molecule has 4 nitrogen and oxygen atoms in total. The first kappa shape index (κ1) is 14.8. The summed E-state index contributed by atoms with van der Waals surface area (Å²) in [5, 5.41) is 3.33. The van der Waals surface area contributed by atoms with Crippen LogP contribution in [0.5, 0.6) is 0 Å². The van der Waals surface area contributed by atoms with Gasteiger partial charge in [0, 0.05) is 32.3 Å². The van der Waals surface area contributed by atoms with Gasteiger partial charge in [-0.1, -0.05) is 12.1 Å². The van der Waals surface area contributed by atoms with Crippen molar-refractivity contribution >= 4 is 5.91 Å². The van der Waals surface area contributed by atoms with Gasteiger partial charge >= 0.3 is 0 Å². The summed E-state index contributed by atoms with van der Waals surface area (Å²) in [4.78, 5) is 14.3. The molecule has 4 heteroatoms. The zero-order valence-electron chi connectivity index (χ0n) is 12.0. The first-order valence-corrected chi connectivity index (χ1v) is 6.98. The van der Waals surface area contributed by atoms with Crippen LogP contribution < -0.4 is 5.32 Å². The maximum Gasteiger partial charge on any atom is 0.254 e. The lowest BCUT2D eigenvalue weighted by Gasteiger charge is -2.22. The van der Waals surface area contributed by atoms with Gasteiger partial charge in [-0.2, -0.15) is 0 Å². The number of rotatable bonds is 6. The summed E-state index contributed by atoms with van der Waals surface area (Å²) >= 11 is 0. The molecule has 0 bridgehead atoms. The molecule has 1 aromatic rings. The first-order chi connectivity index (χ1) is 9.76. The zero-order chi connectivity index (χ0) is 14.4. The Labute approximate surface area is 120 Å². The maximum atomic E-state index is 12.5. The van der Waals surface area contributed by atoms with E-state index in [2.05, 4.69) is 18.0 Å². The lowest BCUT2D eigenvalue weighted by Crippen LogP contribution is -2.34. The molecule has 0 saturated heterocycles. The molecule has 2 rings (SSSR count). The Balaban J connectivity index is 2.15. The van der Waals surface area contributed by atoms with Crippen molar-refractivity contribution < 1.29 is 9.53 Å².